The Morgan fingerprint density at radius 3 is 2.90 bits per heavy atom. The van der Waals surface area contributed by atoms with E-state index in [0.717, 1.165) is 37.7 Å². The molecule has 0 bridgehead atoms. The molecule has 0 radical (unpaired) electrons. The zero-order valence-corrected chi connectivity index (χ0v) is 13.3. The maximum absolute atomic E-state index is 9.49. The first kappa shape index (κ1) is 15.6. The van der Waals surface area contributed by atoms with Gasteiger partial charge in [0.05, 0.1) is 19.3 Å². The highest BCUT2D eigenvalue weighted by Crippen LogP contribution is 2.20. The van der Waals surface area contributed by atoms with Gasteiger partial charge >= 0.3 is 0 Å². The second-order valence-corrected chi connectivity index (χ2v) is 6.35. The van der Waals surface area contributed by atoms with E-state index in [1.165, 1.54) is 11.3 Å². The van der Waals surface area contributed by atoms with E-state index >= 15 is 0 Å². The number of β-amino-alcohol motifs (C(OH)–C–C–N with tert-alkyl or cyclic N) is 1. The molecule has 1 fully saturated rings. The van der Waals surface area contributed by atoms with E-state index in [1.54, 1.807) is 0 Å². The predicted molar refractivity (Wildman–Crippen MR) is 79.1 cm³/mol. The zero-order valence-electron chi connectivity index (χ0n) is 12.4. The summed E-state index contributed by atoms with van der Waals surface area (Å²) < 4.78 is 5.35. The van der Waals surface area contributed by atoms with Gasteiger partial charge < -0.3 is 9.84 Å². The molecular formula is C13H24N4O2S. The normalized spacial score (nSPS) is 22.9. The third kappa shape index (κ3) is 4.37. The number of nitrogens with zero attached hydrogens (tertiary/aromatic N) is 4. The van der Waals surface area contributed by atoms with Gasteiger partial charge in [0.2, 0.25) is 0 Å². The van der Waals surface area contributed by atoms with Crippen molar-refractivity contribution in [3.05, 3.63) is 5.01 Å². The molecule has 2 unspecified atom stereocenters. The molecule has 6 nitrogen and oxygen atoms in total. The Balaban J connectivity index is 1.83. The summed E-state index contributed by atoms with van der Waals surface area (Å²) in [5.74, 6) is 0. The second kappa shape index (κ2) is 7.31. The molecule has 7 heteroatoms. The Bertz CT molecular complexity index is 413. The summed E-state index contributed by atoms with van der Waals surface area (Å²) >= 11 is 1.52. The van der Waals surface area contributed by atoms with Crippen molar-refractivity contribution in [3.8, 4) is 5.19 Å². The van der Waals surface area contributed by atoms with Crippen LogP contribution >= 0.6 is 11.3 Å². The van der Waals surface area contributed by atoms with Crippen molar-refractivity contribution in [3.63, 3.8) is 0 Å². The molecule has 20 heavy (non-hydrogen) atoms. The molecule has 0 amide bonds. The van der Waals surface area contributed by atoms with E-state index in [0.29, 0.717) is 17.8 Å². The second-order valence-electron chi connectivity index (χ2n) is 5.32. The molecule has 0 aromatic carbocycles. The molecule has 2 rings (SSSR count). The van der Waals surface area contributed by atoms with Gasteiger partial charge in [0.15, 0.2) is 0 Å². The summed E-state index contributed by atoms with van der Waals surface area (Å²) in [6.45, 7) is 11.2. The molecular weight excluding hydrogens is 276 g/mol. The van der Waals surface area contributed by atoms with E-state index in [1.807, 2.05) is 13.8 Å². The first-order valence-electron chi connectivity index (χ1n) is 7.18. The number of piperazine rings is 1. The lowest BCUT2D eigenvalue weighted by Crippen LogP contribution is -2.53. The van der Waals surface area contributed by atoms with Crippen molar-refractivity contribution in [1.82, 2.24) is 20.0 Å². The highest BCUT2D eigenvalue weighted by Gasteiger charge is 2.25. The highest BCUT2D eigenvalue weighted by molar-refractivity contribution is 7.13. The van der Waals surface area contributed by atoms with Crippen LogP contribution in [0, 0.1) is 0 Å². The average Bonchev–Trinajstić information content (AvgIpc) is 2.80. The van der Waals surface area contributed by atoms with Crippen LogP contribution in [0.3, 0.4) is 0 Å². The topological polar surface area (TPSA) is 61.7 Å². The summed E-state index contributed by atoms with van der Waals surface area (Å²) in [5.41, 5.74) is 0. The van der Waals surface area contributed by atoms with Crippen molar-refractivity contribution in [2.45, 2.75) is 39.5 Å². The summed E-state index contributed by atoms with van der Waals surface area (Å²) in [7, 11) is 0. The number of rotatable bonds is 6. The average molecular weight is 300 g/mol. The van der Waals surface area contributed by atoms with E-state index in [4.69, 9.17) is 4.74 Å². The zero-order chi connectivity index (χ0) is 14.5. The lowest BCUT2D eigenvalue weighted by atomic mass is 10.1. The smallest absolute Gasteiger partial charge is 0.294 e. The molecule has 1 aliphatic heterocycles. The van der Waals surface area contributed by atoms with E-state index in [9.17, 15) is 5.11 Å². The van der Waals surface area contributed by atoms with Gasteiger partial charge in [0, 0.05) is 32.2 Å². The largest absolute Gasteiger partial charge is 0.469 e. The van der Waals surface area contributed by atoms with Crippen LogP contribution in [-0.4, -0.2) is 70.0 Å². The maximum Gasteiger partial charge on any atom is 0.294 e. The molecule has 1 aliphatic rings. The van der Waals surface area contributed by atoms with Crippen molar-refractivity contribution in [2.24, 2.45) is 0 Å². The van der Waals surface area contributed by atoms with Gasteiger partial charge in [-0.25, -0.2) is 0 Å². The third-order valence-corrected chi connectivity index (χ3v) is 4.24. The summed E-state index contributed by atoms with van der Waals surface area (Å²) in [6.07, 6.45) is -0.263. The molecule has 0 spiro atoms. The van der Waals surface area contributed by atoms with Crippen LogP contribution < -0.4 is 4.74 Å². The molecule has 0 saturated carbocycles. The number of aromatic nitrogens is 2. The predicted octanol–water partition coefficient (Wildman–Crippen LogP) is 0.824. The van der Waals surface area contributed by atoms with E-state index in [2.05, 4.69) is 26.9 Å². The van der Waals surface area contributed by atoms with Crippen LogP contribution in [0.4, 0.5) is 0 Å². The van der Waals surface area contributed by atoms with Gasteiger partial charge in [-0.1, -0.05) is 11.3 Å². The Morgan fingerprint density at radius 2 is 2.25 bits per heavy atom. The number of ether oxygens (including phenoxy) is 1. The third-order valence-electron chi connectivity index (χ3n) is 3.42. The Labute approximate surface area is 124 Å². The minimum absolute atomic E-state index is 0.263. The molecule has 2 heterocycles. The van der Waals surface area contributed by atoms with Gasteiger partial charge in [-0.15, -0.1) is 10.2 Å². The lowest BCUT2D eigenvalue weighted by Gasteiger charge is -2.40. The number of hydrogen-bond acceptors (Lipinski definition) is 7. The Morgan fingerprint density at radius 1 is 1.45 bits per heavy atom. The fourth-order valence-corrected chi connectivity index (χ4v) is 3.29. The molecule has 114 valence electrons. The lowest BCUT2D eigenvalue weighted by molar-refractivity contribution is 0.0422. The fourth-order valence-electron chi connectivity index (χ4n) is 2.50. The first-order valence-corrected chi connectivity index (χ1v) is 7.99. The molecule has 1 saturated heterocycles. The van der Waals surface area contributed by atoms with E-state index < -0.39 is 0 Å². The summed E-state index contributed by atoms with van der Waals surface area (Å²) in [6, 6.07) is 0.456. The van der Waals surface area contributed by atoms with Crippen LogP contribution in [0.25, 0.3) is 0 Å². The molecule has 1 N–H and O–H groups in total. The first-order chi connectivity index (χ1) is 9.58. The maximum atomic E-state index is 9.49. The number of aliphatic hydroxyl groups excluding tert-OH is 1. The van der Waals surface area contributed by atoms with Crippen LogP contribution in [0.2, 0.25) is 0 Å². The number of aliphatic hydroxyl groups is 1. The molecule has 1 aromatic rings. The van der Waals surface area contributed by atoms with Crippen molar-refractivity contribution in [1.29, 1.82) is 0 Å². The Kier molecular flexibility index (Phi) is 5.71. The standard InChI is InChI=1S/C13H24N4O2S/c1-4-19-13-15-14-12(20-13)9-16-5-6-17(8-11(3)18)10(2)7-16/h10-11,18H,4-9H2,1-3H3. The minimum Gasteiger partial charge on any atom is -0.469 e. The molecule has 2 atom stereocenters. The van der Waals surface area contributed by atoms with Gasteiger partial charge in [0.25, 0.3) is 5.19 Å². The quantitative estimate of drug-likeness (QED) is 0.839. The van der Waals surface area contributed by atoms with Crippen molar-refractivity contribution in [2.75, 3.05) is 32.8 Å². The van der Waals surface area contributed by atoms with Crippen LogP contribution in [0.1, 0.15) is 25.8 Å². The van der Waals surface area contributed by atoms with Crippen LogP contribution in [-0.2, 0) is 6.54 Å². The van der Waals surface area contributed by atoms with Gasteiger partial charge in [-0.05, 0) is 20.8 Å². The van der Waals surface area contributed by atoms with Gasteiger partial charge in [0.1, 0.15) is 5.01 Å². The van der Waals surface area contributed by atoms with Crippen LogP contribution in [0.5, 0.6) is 5.19 Å². The summed E-state index contributed by atoms with van der Waals surface area (Å²) in [5, 5.41) is 19.3. The SMILES string of the molecule is CCOc1nnc(CN2CCN(CC(C)O)C(C)C2)s1. The van der Waals surface area contributed by atoms with Crippen molar-refractivity contribution < 1.29 is 9.84 Å². The highest BCUT2D eigenvalue weighted by atomic mass is 32.1. The van der Waals surface area contributed by atoms with E-state index in [-0.39, 0.29) is 6.10 Å². The molecule has 0 aliphatic carbocycles. The fraction of sp³-hybridized carbons (Fsp3) is 0.846. The molecule has 1 aromatic heterocycles. The van der Waals surface area contributed by atoms with Crippen LogP contribution in [0.15, 0.2) is 0 Å². The summed E-state index contributed by atoms with van der Waals surface area (Å²) in [4.78, 5) is 4.73. The number of hydrogen-bond donors (Lipinski definition) is 1. The van der Waals surface area contributed by atoms with Crippen molar-refractivity contribution >= 4 is 11.3 Å². The minimum atomic E-state index is -0.263. The van der Waals surface area contributed by atoms with Gasteiger partial charge in [-0.3, -0.25) is 9.80 Å². The Hall–Kier alpha value is -0.760. The van der Waals surface area contributed by atoms with Gasteiger partial charge in [-0.2, -0.15) is 0 Å². The monoisotopic (exact) mass is 300 g/mol.